The number of carboxylic acid groups (broad SMARTS) is 1. The number of rotatable bonds is 4. The van der Waals surface area contributed by atoms with Crippen LogP contribution in [0.2, 0.25) is 0 Å². The number of carboxylic acids is 1. The molecule has 2 rings (SSSR count). The fraction of sp³-hybridized carbons (Fsp3) is 0.588. The maximum atomic E-state index is 11.1. The molecule has 1 atom stereocenters. The molecule has 1 aliphatic rings. The standard InChI is InChI=1S/C17H24O3/c1-10-7-13(12(9-15(18)19)11-5-6-11)16(20)14(8-10)17(2,3)4/h7-8,11-12,20H,5-6,9H2,1-4H3,(H,18,19). The van der Waals surface area contributed by atoms with Gasteiger partial charge in [0.15, 0.2) is 0 Å². The average molecular weight is 276 g/mol. The Morgan fingerprint density at radius 1 is 1.35 bits per heavy atom. The van der Waals surface area contributed by atoms with E-state index in [-0.39, 0.29) is 17.8 Å². The van der Waals surface area contributed by atoms with E-state index in [1.807, 2.05) is 19.1 Å². The second kappa shape index (κ2) is 5.12. The molecule has 3 nitrogen and oxygen atoms in total. The Morgan fingerprint density at radius 2 is 1.95 bits per heavy atom. The Hall–Kier alpha value is -1.51. The molecule has 0 radical (unpaired) electrons. The van der Waals surface area contributed by atoms with E-state index in [1.165, 1.54) is 0 Å². The lowest BCUT2D eigenvalue weighted by Crippen LogP contribution is -2.15. The topological polar surface area (TPSA) is 57.5 Å². The van der Waals surface area contributed by atoms with Crippen LogP contribution in [0, 0.1) is 12.8 Å². The van der Waals surface area contributed by atoms with Gasteiger partial charge < -0.3 is 10.2 Å². The van der Waals surface area contributed by atoms with Crippen LogP contribution in [0.15, 0.2) is 12.1 Å². The fourth-order valence-corrected chi connectivity index (χ4v) is 2.88. The summed E-state index contributed by atoms with van der Waals surface area (Å²) >= 11 is 0. The third-order valence-electron chi connectivity index (χ3n) is 4.08. The maximum absolute atomic E-state index is 11.1. The lowest BCUT2D eigenvalue weighted by atomic mass is 9.80. The predicted molar refractivity (Wildman–Crippen MR) is 79.3 cm³/mol. The minimum absolute atomic E-state index is 0.0616. The summed E-state index contributed by atoms with van der Waals surface area (Å²) in [5.41, 5.74) is 2.66. The zero-order valence-electron chi connectivity index (χ0n) is 12.7. The molecule has 0 aromatic heterocycles. The van der Waals surface area contributed by atoms with Crippen molar-refractivity contribution in [1.82, 2.24) is 0 Å². The first kappa shape index (κ1) is 14.9. The Bertz CT molecular complexity index is 522. The minimum atomic E-state index is -0.792. The van der Waals surface area contributed by atoms with Gasteiger partial charge in [-0.1, -0.05) is 38.5 Å². The number of phenolic OH excluding ortho intramolecular Hbond substituents is 1. The molecule has 1 unspecified atom stereocenters. The van der Waals surface area contributed by atoms with Gasteiger partial charge >= 0.3 is 5.97 Å². The zero-order chi connectivity index (χ0) is 15.1. The van der Waals surface area contributed by atoms with Gasteiger partial charge in [0, 0.05) is 5.92 Å². The van der Waals surface area contributed by atoms with Crippen molar-refractivity contribution >= 4 is 5.97 Å². The Balaban J connectivity index is 2.49. The van der Waals surface area contributed by atoms with Gasteiger partial charge in [-0.2, -0.15) is 0 Å². The Labute approximate surface area is 120 Å². The van der Waals surface area contributed by atoms with Crippen molar-refractivity contribution in [3.05, 3.63) is 28.8 Å². The molecule has 1 saturated carbocycles. The van der Waals surface area contributed by atoms with Crippen LogP contribution in [-0.4, -0.2) is 16.2 Å². The Morgan fingerprint density at radius 3 is 2.40 bits per heavy atom. The van der Waals surface area contributed by atoms with E-state index >= 15 is 0 Å². The van der Waals surface area contributed by atoms with Gasteiger partial charge in [0.1, 0.15) is 5.75 Å². The van der Waals surface area contributed by atoms with Gasteiger partial charge in [-0.05, 0) is 42.2 Å². The van der Waals surface area contributed by atoms with E-state index in [2.05, 4.69) is 20.8 Å². The van der Waals surface area contributed by atoms with E-state index in [4.69, 9.17) is 5.11 Å². The van der Waals surface area contributed by atoms with Crippen molar-refractivity contribution in [3.8, 4) is 5.75 Å². The summed E-state index contributed by atoms with van der Waals surface area (Å²) in [6.07, 6.45) is 2.23. The molecule has 1 aromatic carbocycles. The lowest BCUT2D eigenvalue weighted by Gasteiger charge is -2.25. The molecule has 0 spiro atoms. The smallest absolute Gasteiger partial charge is 0.303 e. The maximum Gasteiger partial charge on any atom is 0.303 e. The molecule has 1 aliphatic carbocycles. The van der Waals surface area contributed by atoms with Crippen LogP contribution < -0.4 is 0 Å². The minimum Gasteiger partial charge on any atom is -0.507 e. The van der Waals surface area contributed by atoms with E-state index in [9.17, 15) is 9.90 Å². The van der Waals surface area contributed by atoms with Gasteiger partial charge in [-0.25, -0.2) is 0 Å². The van der Waals surface area contributed by atoms with Crippen LogP contribution in [0.4, 0.5) is 0 Å². The third kappa shape index (κ3) is 3.14. The number of aryl methyl sites for hydroxylation is 1. The van der Waals surface area contributed by atoms with Crippen LogP contribution in [0.3, 0.4) is 0 Å². The number of phenols is 1. The summed E-state index contributed by atoms with van der Waals surface area (Å²) < 4.78 is 0. The molecule has 1 aromatic rings. The van der Waals surface area contributed by atoms with Gasteiger partial charge in [0.25, 0.3) is 0 Å². The highest BCUT2D eigenvalue weighted by molar-refractivity contribution is 5.69. The first-order valence-corrected chi connectivity index (χ1v) is 7.26. The predicted octanol–water partition coefficient (Wildman–Crippen LogP) is 3.97. The number of benzene rings is 1. The molecule has 0 heterocycles. The van der Waals surface area contributed by atoms with Crippen LogP contribution in [0.5, 0.6) is 5.75 Å². The van der Waals surface area contributed by atoms with Crippen molar-refractivity contribution in [1.29, 1.82) is 0 Å². The van der Waals surface area contributed by atoms with Crippen molar-refractivity contribution in [2.24, 2.45) is 5.92 Å². The number of hydrogen-bond acceptors (Lipinski definition) is 2. The molecule has 0 aliphatic heterocycles. The molecule has 20 heavy (non-hydrogen) atoms. The van der Waals surface area contributed by atoms with Crippen LogP contribution in [0.1, 0.15) is 62.6 Å². The van der Waals surface area contributed by atoms with Crippen molar-refractivity contribution in [3.63, 3.8) is 0 Å². The summed E-state index contributed by atoms with van der Waals surface area (Å²) in [6, 6.07) is 3.96. The summed E-state index contributed by atoms with van der Waals surface area (Å²) in [5, 5.41) is 19.7. The van der Waals surface area contributed by atoms with Crippen LogP contribution in [0.25, 0.3) is 0 Å². The van der Waals surface area contributed by atoms with Gasteiger partial charge in [-0.15, -0.1) is 0 Å². The number of aliphatic carboxylic acids is 1. The van der Waals surface area contributed by atoms with Crippen molar-refractivity contribution in [2.45, 2.75) is 58.3 Å². The Kier molecular flexibility index (Phi) is 3.81. The van der Waals surface area contributed by atoms with Gasteiger partial charge in [0.2, 0.25) is 0 Å². The van der Waals surface area contributed by atoms with Crippen LogP contribution >= 0.6 is 0 Å². The summed E-state index contributed by atoms with van der Waals surface area (Å²) in [7, 11) is 0. The van der Waals surface area contributed by atoms with Crippen molar-refractivity contribution in [2.75, 3.05) is 0 Å². The van der Waals surface area contributed by atoms with Gasteiger partial charge in [-0.3, -0.25) is 4.79 Å². The summed E-state index contributed by atoms with van der Waals surface area (Å²) in [6.45, 7) is 8.20. The number of carbonyl (C=O) groups is 1. The number of aromatic hydroxyl groups is 1. The highest BCUT2D eigenvalue weighted by atomic mass is 16.4. The normalized spacial score (nSPS) is 17.0. The first-order valence-electron chi connectivity index (χ1n) is 7.26. The second-order valence-electron chi connectivity index (χ2n) is 7.04. The van der Waals surface area contributed by atoms with E-state index in [1.54, 1.807) is 0 Å². The summed E-state index contributed by atoms with van der Waals surface area (Å²) in [4.78, 5) is 11.1. The molecular formula is C17H24O3. The average Bonchev–Trinajstić information content (AvgIpc) is 3.11. The lowest BCUT2D eigenvalue weighted by molar-refractivity contribution is -0.137. The SMILES string of the molecule is Cc1cc(C(CC(=O)O)C2CC2)c(O)c(C(C)(C)C)c1. The van der Waals surface area contributed by atoms with Gasteiger partial charge in [0.05, 0.1) is 6.42 Å². The second-order valence-corrected chi connectivity index (χ2v) is 7.04. The molecule has 1 fully saturated rings. The first-order chi connectivity index (χ1) is 9.20. The highest BCUT2D eigenvalue weighted by Crippen LogP contribution is 2.48. The molecule has 0 amide bonds. The van der Waals surface area contributed by atoms with Crippen LogP contribution in [-0.2, 0) is 10.2 Å². The fourth-order valence-electron chi connectivity index (χ4n) is 2.88. The van der Waals surface area contributed by atoms with Crippen molar-refractivity contribution < 1.29 is 15.0 Å². The quantitative estimate of drug-likeness (QED) is 0.875. The van der Waals surface area contributed by atoms with E-state index in [0.29, 0.717) is 11.7 Å². The molecular weight excluding hydrogens is 252 g/mol. The highest BCUT2D eigenvalue weighted by Gasteiger charge is 2.36. The van der Waals surface area contributed by atoms with E-state index in [0.717, 1.165) is 29.5 Å². The summed E-state index contributed by atoms with van der Waals surface area (Å²) in [5.74, 6) is -0.151. The molecule has 110 valence electrons. The largest absolute Gasteiger partial charge is 0.507 e. The number of hydrogen-bond donors (Lipinski definition) is 2. The molecule has 0 bridgehead atoms. The third-order valence-corrected chi connectivity index (χ3v) is 4.08. The molecule has 2 N–H and O–H groups in total. The monoisotopic (exact) mass is 276 g/mol. The molecule has 3 heteroatoms. The van der Waals surface area contributed by atoms with E-state index < -0.39 is 5.97 Å². The molecule has 0 saturated heterocycles. The zero-order valence-corrected chi connectivity index (χ0v) is 12.7.